The molecular formula is C23H16F3N5O2S. The van der Waals surface area contributed by atoms with Crippen LogP contribution in [0.4, 0.5) is 18.9 Å². The summed E-state index contributed by atoms with van der Waals surface area (Å²) in [7, 11) is 0. The lowest BCUT2D eigenvalue weighted by molar-refractivity contribution is -0.137. The number of benzene rings is 2. The number of carbonyl (C=O) groups excluding carboxylic acids is 1. The van der Waals surface area contributed by atoms with E-state index in [9.17, 15) is 22.8 Å². The van der Waals surface area contributed by atoms with Gasteiger partial charge in [-0.25, -0.2) is 18.9 Å². The van der Waals surface area contributed by atoms with E-state index in [1.807, 2.05) is 36.6 Å². The lowest BCUT2D eigenvalue weighted by Gasteiger charge is -2.08. The molecule has 11 heteroatoms. The number of hydrogen-bond acceptors (Lipinski definition) is 5. The number of rotatable bonds is 4. The quantitative estimate of drug-likeness (QED) is 0.401. The Labute approximate surface area is 194 Å². The number of alkyl halides is 3. The van der Waals surface area contributed by atoms with Crippen LogP contribution in [0.15, 0.2) is 65.0 Å². The van der Waals surface area contributed by atoms with Gasteiger partial charge in [-0.1, -0.05) is 29.8 Å². The number of halogens is 3. The molecule has 5 aromatic rings. The largest absolute Gasteiger partial charge is 0.416 e. The molecular weight excluding hydrogens is 467 g/mol. The van der Waals surface area contributed by atoms with Crippen molar-refractivity contribution in [3.63, 3.8) is 0 Å². The molecule has 0 saturated heterocycles. The molecule has 0 atom stereocenters. The number of carbonyl (C=O) groups is 1. The van der Waals surface area contributed by atoms with Gasteiger partial charge in [0.05, 0.1) is 15.8 Å². The molecule has 0 spiro atoms. The van der Waals surface area contributed by atoms with E-state index < -0.39 is 29.9 Å². The Morgan fingerprint density at radius 3 is 2.47 bits per heavy atom. The van der Waals surface area contributed by atoms with Gasteiger partial charge in [-0.15, -0.1) is 16.4 Å². The second-order valence-corrected chi connectivity index (χ2v) is 8.57. The number of nitrogens with zero attached hydrogens (tertiary/aromatic N) is 4. The molecule has 0 bridgehead atoms. The minimum atomic E-state index is -4.47. The van der Waals surface area contributed by atoms with Gasteiger partial charge in [0.2, 0.25) is 5.91 Å². The van der Waals surface area contributed by atoms with E-state index in [1.54, 1.807) is 0 Å². The minimum absolute atomic E-state index is 0.180. The van der Waals surface area contributed by atoms with Crippen LogP contribution in [0.3, 0.4) is 0 Å². The van der Waals surface area contributed by atoms with Crippen LogP contribution in [0, 0.1) is 6.92 Å². The third-order valence-corrected chi connectivity index (χ3v) is 6.26. The predicted octanol–water partition coefficient (Wildman–Crippen LogP) is 4.74. The maximum atomic E-state index is 12.8. The zero-order valence-electron chi connectivity index (χ0n) is 17.6. The Kier molecular flexibility index (Phi) is 5.20. The van der Waals surface area contributed by atoms with E-state index in [-0.39, 0.29) is 5.69 Å². The Morgan fingerprint density at radius 2 is 1.79 bits per heavy atom. The molecule has 0 aliphatic carbocycles. The Hall–Kier alpha value is -3.99. The summed E-state index contributed by atoms with van der Waals surface area (Å²) in [6.07, 6.45) is -3.09. The molecule has 0 aliphatic rings. The van der Waals surface area contributed by atoms with Gasteiger partial charge in [0.15, 0.2) is 5.65 Å². The number of aryl methyl sites for hydroxylation is 1. The monoisotopic (exact) mass is 483 g/mol. The summed E-state index contributed by atoms with van der Waals surface area (Å²) in [6, 6.07) is 12.1. The Bertz CT molecular complexity index is 1580. The van der Waals surface area contributed by atoms with Crippen molar-refractivity contribution in [3.05, 3.63) is 81.8 Å². The molecule has 0 fully saturated rings. The van der Waals surface area contributed by atoms with Crippen molar-refractivity contribution >= 4 is 38.8 Å². The Morgan fingerprint density at radius 1 is 1.09 bits per heavy atom. The number of amides is 1. The van der Waals surface area contributed by atoms with E-state index in [2.05, 4.69) is 15.4 Å². The van der Waals surface area contributed by atoms with E-state index in [0.29, 0.717) is 15.9 Å². The van der Waals surface area contributed by atoms with Crippen molar-refractivity contribution in [3.8, 4) is 11.1 Å². The average molecular weight is 483 g/mol. The normalized spacial score (nSPS) is 11.9. The summed E-state index contributed by atoms with van der Waals surface area (Å²) >= 11 is 1.40. The molecule has 172 valence electrons. The van der Waals surface area contributed by atoms with Crippen LogP contribution in [0.2, 0.25) is 0 Å². The number of thiophene rings is 1. The second-order valence-electron chi connectivity index (χ2n) is 7.69. The summed E-state index contributed by atoms with van der Waals surface area (Å²) in [5, 5.41) is 8.74. The second kappa shape index (κ2) is 8.10. The third kappa shape index (κ3) is 3.94. The van der Waals surface area contributed by atoms with Crippen LogP contribution in [0.5, 0.6) is 0 Å². The van der Waals surface area contributed by atoms with E-state index in [1.165, 1.54) is 22.1 Å². The number of nitrogens with one attached hydrogen (secondary N) is 1. The summed E-state index contributed by atoms with van der Waals surface area (Å²) in [6.45, 7) is 1.60. The fourth-order valence-electron chi connectivity index (χ4n) is 3.55. The topological polar surface area (TPSA) is 81.3 Å². The molecule has 3 heterocycles. The first kappa shape index (κ1) is 21.8. The number of aromatic nitrogens is 4. The van der Waals surface area contributed by atoms with Crippen molar-refractivity contribution < 1.29 is 18.0 Å². The van der Waals surface area contributed by atoms with Gasteiger partial charge in [0.1, 0.15) is 12.9 Å². The summed E-state index contributed by atoms with van der Waals surface area (Å²) < 4.78 is 41.1. The van der Waals surface area contributed by atoms with Crippen LogP contribution in [-0.4, -0.2) is 25.1 Å². The zero-order chi connectivity index (χ0) is 24.0. The SMILES string of the molecule is Cc1ccc(-c2csc3c2ncn2c(=O)n(CC(=O)Nc4ccc(C(F)(F)F)cc4)nc32)cc1. The summed E-state index contributed by atoms with van der Waals surface area (Å²) in [5.41, 5.74) is 2.94. The molecule has 34 heavy (non-hydrogen) atoms. The first-order valence-corrected chi connectivity index (χ1v) is 11.0. The molecule has 1 amide bonds. The molecule has 7 nitrogen and oxygen atoms in total. The molecule has 0 radical (unpaired) electrons. The minimum Gasteiger partial charge on any atom is -0.324 e. The molecule has 2 aromatic carbocycles. The first-order chi connectivity index (χ1) is 16.2. The highest BCUT2D eigenvalue weighted by Crippen LogP contribution is 2.34. The van der Waals surface area contributed by atoms with Crippen molar-refractivity contribution in [1.29, 1.82) is 0 Å². The van der Waals surface area contributed by atoms with Crippen LogP contribution in [0.1, 0.15) is 11.1 Å². The highest BCUT2D eigenvalue weighted by atomic mass is 32.1. The molecule has 0 saturated carbocycles. The van der Waals surface area contributed by atoms with Gasteiger partial charge >= 0.3 is 11.9 Å². The van der Waals surface area contributed by atoms with Gasteiger partial charge in [-0.2, -0.15) is 13.2 Å². The van der Waals surface area contributed by atoms with Crippen LogP contribution in [-0.2, 0) is 17.5 Å². The summed E-state index contributed by atoms with van der Waals surface area (Å²) in [4.78, 5) is 29.6. The fraction of sp³-hybridized carbons (Fsp3) is 0.130. The zero-order valence-corrected chi connectivity index (χ0v) is 18.4. The summed E-state index contributed by atoms with van der Waals surface area (Å²) in [5.74, 6) is -0.596. The third-order valence-electron chi connectivity index (χ3n) is 5.29. The maximum absolute atomic E-state index is 12.8. The predicted molar refractivity (Wildman–Crippen MR) is 123 cm³/mol. The first-order valence-electron chi connectivity index (χ1n) is 10.1. The molecule has 5 rings (SSSR count). The number of hydrogen-bond donors (Lipinski definition) is 1. The van der Waals surface area contributed by atoms with Gasteiger partial charge in [0, 0.05) is 16.6 Å². The van der Waals surface area contributed by atoms with Gasteiger partial charge in [0.25, 0.3) is 0 Å². The highest BCUT2D eigenvalue weighted by molar-refractivity contribution is 7.18. The maximum Gasteiger partial charge on any atom is 0.416 e. The lowest BCUT2D eigenvalue weighted by atomic mass is 10.1. The molecule has 3 aromatic heterocycles. The van der Waals surface area contributed by atoms with Crippen molar-refractivity contribution in [2.45, 2.75) is 19.6 Å². The van der Waals surface area contributed by atoms with Crippen LogP contribution >= 0.6 is 11.3 Å². The number of fused-ring (bicyclic) bond motifs is 3. The molecule has 0 unspecified atom stereocenters. The fourth-order valence-corrected chi connectivity index (χ4v) is 4.56. The van der Waals surface area contributed by atoms with E-state index in [0.717, 1.165) is 45.6 Å². The van der Waals surface area contributed by atoms with E-state index >= 15 is 0 Å². The number of anilines is 1. The van der Waals surface area contributed by atoms with Gasteiger partial charge < -0.3 is 5.32 Å². The Balaban J connectivity index is 1.42. The standard InChI is InChI=1S/C23H16F3N5O2S/c1-13-2-4-14(5-3-13)17-11-34-20-19(17)27-12-30-21(20)29-31(22(30)33)10-18(32)28-16-8-6-15(7-9-16)23(24,25)26/h2-9,11-12H,10H2,1H3,(H,28,32). The van der Waals surface area contributed by atoms with Crippen molar-refractivity contribution in [2.24, 2.45) is 0 Å². The van der Waals surface area contributed by atoms with E-state index in [4.69, 9.17) is 0 Å². The van der Waals surface area contributed by atoms with Crippen molar-refractivity contribution in [1.82, 2.24) is 19.2 Å². The van der Waals surface area contributed by atoms with Crippen LogP contribution in [0.25, 0.3) is 27.0 Å². The van der Waals surface area contributed by atoms with Crippen LogP contribution < -0.4 is 11.0 Å². The average Bonchev–Trinajstić information content (AvgIpc) is 3.36. The van der Waals surface area contributed by atoms with Gasteiger partial charge in [-0.3, -0.25) is 4.79 Å². The smallest absolute Gasteiger partial charge is 0.324 e. The highest BCUT2D eigenvalue weighted by Gasteiger charge is 2.30. The van der Waals surface area contributed by atoms with Crippen molar-refractivity contribution in [2.75, 3.05) is 5.32 Å². The molecule has 1 N–H and O–H groups in total. The lowest BCUT2D eigenvalue weighted by Crippen LogP contribution is -2.28. The molecule has 0 aliphatic heterocycles. The van der Waals surface area contributed by atoms with Gasteiger partial charge in [-0.05, 0) is 36.8 Å².